The van der Waals surface area contributed by atoms with E-state index in [1.54, 1.807) is 36.5 Å². The van der Waals surface area contributed by atoms with E-state index in [1.807, 2.05) is 54.3 Å². The SMILES string of the molecule is CCN1CCN(C(=O)c2ccccc2OC)C(Cc2cccc(-c3ccncc3)c2)C1=O. The van der Waals surface area contributed by atoms with Crippen molar-refractivity contribution in [2.75, 3.05) is 26.7 Å². The Bertz CT molecular complexity index is 1100. The highest BCUT2D eigenvalue weighted by Crippen LogP contribution is 2.26. The van der Waals surface area contributed by atoms with Gasteiger partial charge >= 0.3 is 0 Å². The van der Waals surface area contributed by atoms with E-state index in [2.05, 4.69) is 11.1 Å². The summed E-state index contributed by atoms with van der Waals surface area (Å²) in [7, 11) is 1.55. The van der Waals surface area contributed by atoms with Crippen LogP contribution in [-0.2, 0) is 11.2 Å². The molecule has 1 aromatic heterocycles. The van der Waals surface area contributed by atoms with E-state index in [0.717, 1.165) is 16.7 Å². The predicted molar refractivity (Wildman–Crippen MR) is 123 cm³/mol. The fourth-order valence-corrected chi connectivity index (χ4v) is 4.21. The molecule has 4 rings (SSSR count). The number of ether oxygens (including phenoxy) is 1. The zero-order valence-electron chi connectivity index (χ0n) is 18.4. The molecular weight excluding hydrogens is 402 g/mol. The number of methoxy groups -OCH3 is 1. The Morgan fingerprint density at radius 2 is 1.81 bits per heavy atom. The van der Waals surface area contributed by atoms with Crippen molar-refractivity contribution in [1.29, 1.82) is 0 Å². The standard InChI is InChI=1S/C26H27N3O3/c1-3-28-15-16-29(25(30)22-9-4-5-10-24(22)32-2)23(26(28)31)18-19-7-6-8-21(17-19)20-11-13-27-14-12-20/h4-14,17,23H,3,15-16,18H2,1-2H3. The number of nitrogens with zero attached hydrogens (tertiary/aromatic N) is 3. The monoisotopic (exact) mass is 429 g/mol. The maximum absolute atomic E-state index is 13.5. The topological polar surface area (TPSA) is 62.7 Å². The highest BCUT2D eigenvalue weighted by molar-refractivity contribution is 6.00. The summed E-state index contributed by atoms with van der Waals surface area (Å²) >= 11 is 0. The van der Waals surface area contributed by atoms with Gasteiger partial charge in [0.05, 0.1) is 12.7 Å². The van der Waals surface area contributed by atoms with Crippen LogP contribution < -0.4 is 4.74 Å². The van der Waals surface area contributed by atoms with Crippen LogP contribution in [0.2, 0.25) is 0 Å². The molecule has 1 aliphatic rings. The maximum atomic E-state index is 13.5. The van der Waals surface area contributed by atoms with Gasteiger partial charge < -0.3 is 14.5 Å². The van der Waals surface area contributed by atoms with Crippen LogP contribution in [0.3, 0.4) is 0 Å². The summed E-state index contributed by atoms with van der Waals surface area (Å²) < 4.78 is 5.40. The second-order valence-electron chi connectivity index (χ2n) is 7.77. The average Bonchev–Trinajstić information content (AvgIpc) is 2.85. The molecule has 1 fully saturated rings. The number of rotatable bonds is 6. The molecular formula is C26H27N3O3. The molecule has 1 aliphatic heterocycles. The fraction of sp³-hybridized carbons (Fsp3) is 0.269. The van der Waals surface area contributed by atoms with Crippen molar-refractivity contribution >= 4 is 11.8 Å². The average molecular weight is 430 g/mol. The third-order valence-corrected chi connectivity index (χ3v) is 5.93. The predicted octanol–water partition coefficient (Wildman–Crippen LogP) is 3.67. The molecule has 0 radical (unpaired) electrons. The lowest BCUT2D eigenvalue weighted by atomic mass is 9.97. The molecule has 2 aromatic carbocycles. The highest BCUT2D eigenvalue weighted by Gasteiger charge is 2.37. The summed E-state index contributed by atoms with van der Waals surface area (Å²) in [6, 6.07) is 18.6. The number of hydrogen-bond acceptors (Lipinski definition) is 4. The van der Waals surface area contributed by atoms with Crippen LogP contribution in [0.4, 0.5) is 0 Å². The molecule has 0 N–H and O–H groups in total. The Hall–Kier alpha value is -3.67. The van der Waals surface area contributed by atoms with Crippen LogP contribution in [0.25, 0.3) is 11.1 Å². The largest absolute Gasteiger partial charge is 0.496 e. The number of carbonyl (C=O) groups excluding carboxylic acids is 2. The van der Waals surface area contributed by atoms with E-state index in [1.165, 1.54) is 0 Å². The van der Waals surface area contributed by atoms with Gasteiger partial charge in [-0.2, -0.15) is 0 Å². The van der Waals surface area contributed by atoms with Crippen molar-refractivity contribution in [1.82, 2.24) is 14.8 Å². The second-order valence-corrected chi connectivity index (χ2v) is 7.77. The lowest BCUT2D eigenvalue weighted by Gasteiger charge is -2.40. The fourth-order valence-electron chi connectivity index (χ4n) is 4.21. The van der Waals surface area contributed by atoms with E-state index < -0.39 is 6.04 Å². The summed E-state index contributed by atoms with van der Waals surface area (Å²) in [4.78, 5) is 34.4. The number of aromatic nitrogens is 1. The quantitative estimate of drug-likeness (QED) is 0.600. The highest BCUT2D eigenvalue weighted by atomic mass is 16.5. The molecule has 6 heteroatoms. The van der Waals surface area contributed by atoms with Crippen molar-refractivity contribution in [3.05, 3.63) is 84.2 Å². The van der Waals surface area contributed by atoms with E-state index in [-0.39, 0.29) is 11.8 Å². The summed E-state index contributed by atoms with van der Waals surface area (Å²) in [6.45, 7) is 3.62. The first-order chi connectivity index (χ1) is 15.6. The van der Waals surface area contributed by atoms with Crippen LogP contribution in [0.1, 0.15) is 22.8 Å². The van der Waals surface area contributed by atoms with Crippen molar-refractivity contribution in [2.24, 2.45) is 0 Å². The van der Waals surface area contributed by atoms with E-state index in [0.29, 0.717) is 37.4 Å². The minimum Gasteiger partial charge on any atom is -0.496 e. The van der Waals surface area contributed by atoms with Gasteiger partial charge in [0.25, 0.3) is 5.91 Å². The van der Waals surface area contributed by atoms with Crippen LogP contribution in [-0.4, -0.2) is 59.4 Å². The number of amides is 2. The second kappa shape index (κ2) is 9.64. The number of benzene rings is 2. The molecule has 1 saturated heterocycles. The van der Waals surface area contributed by atoms with Gasteiger partial charge in [-0.05, 0) is 47.9 Å². The zero-order valence-corrected chi connectivity index (χ0v) is 18.4. The molecule has 0 aliphatic carbocycles. The third-order valence-electron chi connectivity index (χ3n) is 5.93. The molecule has 0 spiro atoms. The van der Waals surface area contributed by atoms with Gasteiger partial charge in [0.15, 0.2) is 0 Å². The Morgan fingerprint density at radius 3 is 2.56 bits per heavy atom. The molecule has 0 bridgehead atoms. The molecule has 3 aromatic rings. The van der Waals surface area contributed by atoms with Crippen molar-refractivity contribution < 1.29 is 14.3 Å². The zero-order chi connectivity index (χ0) is 22.5. The van der Waals surface area contributed by atoms with Gasteiger partial charge in [-0.3, -0.25) is 14.6 Å². The molecule has 2 heterocycles. The normalized spacial score (nSPS) is 16.2. The first-order valence-corrected chi connectivity index (χ1v) is 10.8. The maximum Gasteiger partial charge on any atom is 0.258 e. The van der Waals surface area contributed by atoms with E-state index in [4.69, 9.17) is 4.74 Å². The number of likely N-dealkylation sites (N-methyl/N-ethyl adjacent to an activating group) is 1. The Morgan fingerprint density at radius 1 is 1.03 bits per heavy atom. The number of hydrogen-bond donors (Lipinski definition) is 0. The van der Waals surface area contributed by atoms with Gasteiger partial charge in [-0.1, -0.05) is 36.4 Å². The lowest BCUT2D eigenvalue weighted by Crippen LogP contribution is -2.59. The number of pyridine rings is 1. The number of para-hydroxylation sites is 1. The summed E-state index contributed by atoms with van der Waals surface area (Å²) in [5, 5.41) is 0. The Labute approximate surface area is 188 Å². The molecule has 2 amide bonds. The third kappa shape index (κ3) is 4.35. The number of carbonyl (C=O) groups is 2. The van der Waals surface area contributed by atoms with Gasteiger partial charge in [0.1, 0.15) is 11.8 Å². The van der Waals surface area contributed by atoms with Crippen LogP contribution in [0, 0.1) is 0 Å². The molecule has 1 atom stereocenters. The molecule has 164 valence electrons. The Kier molecular flexibility index (Phi) is 6.50. The van der Waals surface area contributed by atoms with Gasteiger partial charge in [0, 0.05) is 38.4 Å². The minimum atomic E-state index is -0.561. The molecule has 0 saturated carbocycles. The first kappa shape index (κ1) is 21.6. The van der Waals surface area contributed by atoms with E-state index >= 15 is 0 Å². The van der Waals surface area contributed by atoms with Gasteiger partial charge in [-0.15, -0.1) is 0 Å². The number of piperazine rings is 1. The van der Waals surface area contributed by atoms with E-state index in [9.17, 15) is 9.59 Å². The van der Waals surface area contributed by atoms with Crippen molar-refractivity contribution in [2.45, 2.75) is 19.4 Å². The Balaban J connectivity index is 1.65. The minimum absolute atomic E-state index is 0.0173. The lowest BCUT2D eigenvalue weighted by molar-refractivity contribution is -0.139. The van der Waals surface area contributed by atoms with Crippen molar-refractivity contribution in [3.63, 3.8) is 0 Å². The van der Waals surface area contributed by atoms with Crippen LogP contribution >= 0.6 is 0 Å². The first-order valence-electron chi connectivity index (χ1n) is 10.8. The summed E-state index contributed by atoms with van der Waals surface area (Å²) in [5.41, 5.74) is 3.61. The van der Waals surface area contributed by atoms with Crippen molar-refractivity contribution in [3.8, 4) is 16.9 Å². The molecule has 1 unspecified atom stereocenters. The van der Waals surface area contributed by atoms with Crippen LogP contribution in [0.5, 0.6) is 5.75 Å². The van der Waals surface area contributed by atoms with Crippen LogP contribution in [0.15, 0.2) is 73.1 Å². The van der Waals surface area contributed by atoms with Gasteiger partial charge in [0.2, 0.25) is 5.91 Å². The smallest absolute Gasteiger partial charge is 0.258 e. The van der Waals surface area contributed by atoms with Gasteiger partial charge in [-0.25, -0.2) is 0 Å². The summed E-state index contributed by atoms with van der Waals surface area (Å²) in [6.07, 6.45) is 3.98. The summed E-state index contributed by atoms with van der Waals surface area (Å²) in [5.74, 6) is 0.319. The molecule has 32 heavy (non-hydrogen) atoms. The molecule has 6 nitrogen and oxygen atoms in total.